The molecule has 3 aromatic rings. The number of imide groups is 1. The van der Waals surface area contributed by atoms with Crippen LogP contribution in [0.4, 0.5) is 27.8 Å². The van der Waals surface area contributed by atoms with Gasteiger partial charge >= 0.3 is 6.18 Å². The number of amides is 2. The molecule has 34 heavy (non-hydrogen) atoms. The second-order valence-electron chi connectivity index (χ2n) is 6.98. The Bertz CT molecular complexity index is 1410. The van der Waals surface area contributed by atoms with Crippen molar-refractivity contribution in [2.24, 2.45) is 0 Å². The van der Waals surface area contributed by atoms with Gasteiger partial charge in [0.1, 0.15) is 11.6 Å². The molecule has 0 fully saturated rings. The van der Waals surface area contributed by atoms with E-state index in [2.05, 4.69) is 0 Å². The van der Waals surface area contributed by atoms with Gasteiger partial charge in [0.15, 0.2) is 23.1 Å². The Morgan fingerprint density at radius 3 is 2.21 bits per heavy atom. The molecule has 0 spiro atoms. The van der Waals surface area contributed by atoms with Gasteiger partial charge in [-0.1, -0.05) is 0 Å². The summed E-state index contributed by atoms with van der Waals surface area (Å²) in [4.78, 5) is 36.8. The van der Waals surface area contributed by atoms with Crippen molar-refractivity contribution in [1.29, 1.82) is 0 Å². The number of methoxy groups -OCH3 is 1. The number of fused-ring (bicyclic) bond motifs is 1. The van der Waals surface area contributed by atoms with Crippen molar-refractivity contribution in [2.75, 3.05) is 12.8 Å². The van der Waals surface area contributed by atoms with E-state index in [-0.39, 0.29) is 34.7 Å². The number of rotatable bonds is 4. The minimum atomic E-state index is -5.00. The Hall–Kier alpha value is -4.42. The Balaban J connectivity index is 1.91. The first-order chi connectivity index (χ1) is 15.9. The normalized spacial score (nSPS) is 13.0. The molecular formula is C21H12F5N3O5. The summed E-state index contributed by atoms with van der Waals surface area (Å²) in [7, 11) is 1.27. The quantitative estimate of drug-likeness (QED) is 0.437. The Morgan fingerprint density at radius 2 is 1.62 bits per heavy atom. The van der Waals surface area contributed by atoms with Crippen molar-refractivity contribution >= 4 is 17.6 Å². The number of nitrogens with two attached hydrogens (primary N) is 1. The molecule has 2 amide bonds. The molecule has 0 radical (unpaired) electrons. The fraction of sp³-hybridized carbons (Fsp3) is 0.0952. The standard InChI is InChI=1S/C21H12F5N3O5/c1-33-9-2-3-14(34-17-11(22)4-8(5-12(17)23)21(24,25)26)13(6-9)29-15(30)7-10-16(18(29)27)20(32)28-19(10)31/h2-7H,27H2,1H3,(H,28,31,32). The third-order valence-corrected chi connectivity index (χ3v) is 4.90. The molecule has 0 saturated carbocycles. The second kappa shape index (κ2) is 7.86. The van der Waals surface area contributed by atoms with Gasteiger partial charge in [0.2, 0.25) is 0 Å². The lowest BCUT2D eigenvalue weighted by molar-refractivity contribution is -0.138. The lowest BCUT2D eigenvalue weighted by Gasteiger charge is -2.18. The third kappa shape index (κ3) is 3.70. The molecule has 0 bridgehead atoms. The first-order valence-electron chi connectivity index (χ1n) is 9.26. The second-order valence-corrected chi connectivity index (χ2v) is 6.98. The molecule has 0 unspecified atom stereocenters. The summed E-state index contributed by atoms with van der Waals surface area (Å²) in [6, 6.07) is 4.50. The molecule has 13 heteroatoms. The van der Waals surface area contributed by atoms with Crippen molar-refractivity contribution in [2.45, 2.75) is 6.18 Å². The van der Waals surface area contributed by atoms with Gasteiger partial charge in [-0.15, -0.1) is 0 Å². The van der Waals surface area contributed by atoms with E-state index in [0.717, 1.165) is 16.7 Å². The number of alkyl halides is 3. The summed E-state index contributed by atoms with van der Waals surface area (Å²) < 4.78 is 78.3. The van der Waals surface area contributed by atoms with E-state index in [1.165, 1.54) is 19.2 Å². The van der Waals surface area contributed by atoms with Crippen LogP contribution in [0.25, 0.3) is 5.69 Å². The van der Waals surface area contributed by atoms with Crippen LogP contribution in [-0.2, 0) is 6.18 Å². The molecule has 0 saturated heterocycles. The number of hydrogen-bond donors (Lipinski definition) is 2. The van der Waals surface area contributed by atoms with Gasteiger partial charge in [0.25, 0.3) is 17.4 Å². The van der Waals surface area contributed by atoms with E-state index in [9.17, 15) is 36.3 Å². The summed E-state index contributed by atoms with van der Waals surface area (Å²) in [6.07, 6.45) is -5.00. The minimum Gasteiger partial charge on any atom is -0.497 e. The predicted molar refractivity (Wildman–Crippen MR) is 106 cm³/mol. The highest BCUT2D eigenvalue weighted by Gasteiger charge is 2.34. The van der Waals surface area contributed by atoms with E-state index < -0.39 is 58.1 Å². The molecule has 3 N–H and O–H groups in total. The molecule has 8 nitrogen and oxygen atoms in total. The van der Waals surface area contributed by atoms with E-state index in [1.807, 2.05) is 5.32 Å². The van der Waals surface area contributed by atoms with E-state index in [1.54, 1.807) is 0 Å². The molecule has 2 heterocycles. The Morgan fingerprint density at radius 1 is 0.971 bits per heavy atom. The largest absolute Gasteiger partial charge is 0.497 e. The van der Waals surface area contributed by atoms with Crippen molar-refractivity contribution < 1.29 is 41.0 Å². The summed E-state index contributed by atoms with van der Waals surface area (Å²) >= 11 is 0. The number of halogens is 5. The van der Waals surface area contributed by atoms with E-state index >= 15 is 0 Å². The highest BCUT2D eigenvalue weighted by atomic mass is 19.4. The molecule has 1 aliphatic heterocycles. The first kappa shape index (κ1) is 22.8. The van der Waals surface area contributed by atoms with Crippen LogP contribution in [0.5, 0.6) is 17.2 Å². The number of nitrogen functional groups attached to an aromatic ring is 1. The van der Waals surface area contributed by atoms with Crippen molar-refractivity contribution in [1.82, 2.24) is 9.88 Å². The molecule has 1 aliphatic rings. The monoisotopic (exact) mass is 481 g/mol. The van der Waals surface area contributed by atoms with Gasteiger partial charge in [-0.2, -0.15) is 13.2 Å². The zero-order valence-electron chi connectivity index (χ0n) is 16.9. The summed E-state index contributed by atoms with van der Waals surface area (Å²) in [5.74, 6) is -7.00. The van der Waals surface area contributed by atoms with Crippen LogP contribution in [0.3, 0.4) is 0 Å². The highest BCUT2D eigenvalue weighted by Crippen LogP contribution is 2.38. The molecule has 1 aromatic heterocycles. The average molecular weight is 481 g/mol. The molecule has 0 aliphatic carbocycles. The van der Waals surface area contributed by atoms with Gasteiger partial charge in [-0.3, -0.25) is 24.3 Å². The van der Waals surface area contributed by atoms with Crippen LogP contribution in [0.2, 0.25) is 0 Å². The predicted octanol–water partition coefficient (Wildman–Crippen LogP) is 3.40. The maximum atomic E-state index is 14.4. The minimum absolute atomic E-state index is 0.0491. The zero-order valence-corrected chi connectivity index (χ0v) is 16.9. The smallest absolute Gasteiger partial charge is 0.416 e. The molecule has 0 atom stereocenters. The molecule has 2 aromatic carbocycles. The fourth-order valence-corrected chi connectivity index (χ4v) is 3.34. The number of aromatic nitrogens is 1. The lowest BCUT2D eigenvalue weighted by atomic mass is 10.1. The summed E-state index contributed by atoms with van der Waals surface area (Å²) in [5, 5.41) is 1.98. The Kier molecular flexibility index (Phi) is 5.26. The number of hydrogen-bond acceptors (Lipinski definition) is 6. The topological polar surface area (TPSA) is 113 Å². The van der Waals surface area contributed by atoms with Gasteiger partial charge in [0.05, 0.1) is 29.5 Å². The van der Waals surface area contributed by atoms with E-state index in [0.29, 0.717) is 0 Å². The van der Waals surface area contributed by atoms with Crippen LogP contribution >= 0.6 is 0 Å². The van der Waals surface area contributed by atoms with Crippen LogP contribution in [-0.4, -0.2) is 23.5 Å². The number of ether oxygens (including phenoxy) is 2. The van der Waals surface area contributed by atoms with E-state index in [4.69, 9.17) is 15.2 Å². The number of carbonyl (C=O) groups is 2. The van der Waals surface area contributed by atoms with Crippen LogP contribution in [0.1, 0.15) is 26.3 Å². The average Bonchev–Trinajstić information content (AvgIpc) is 3.03. The van der Waals surface area contributed by atoms with Gasteiger partial charge in [-0.25, -0.2) is 8.78 Å². The molecular weight excluding hydrogens is 469 g/mol. The maximum absolute atomic E-state index is 14.4. The van der Waals surface area contributed by atoms with Gasteiger partial charge in [-0.05, 0) is 24.3 Å². The summed E-state index contributed by atoms with van der Waals surface area (Å²) in [5.41, 5.74) is 2.65. The Labute approximate surface area is 186 Å². The zero-order chi connectivity index (χ0) is 24.9. The van der Waals surface area contributed by atoms with Gasteiger partial charge < -0.3 is 15.2 Å². The van der Waals surface area contributed by atoms with Crippen molar-refractivity contribution in [3.05, 3.63) is 75.1 Å². The van der Waals surface area contributed by atoms with Crippen LogP contribution < -0.4 is 26.1 Å². The van der Waals surface area contributed by atoms with Crippen LogP contribution in [0.15, 0.2) is 41.2 Å². The fourth-order valence-electron chi connectivity index (χ4n) is 3.34. The number of anilines is 1. The van der Waals surface area contributed by atoms with Crippen molar-refractivity contribution in [3.8, 4) is 22.9 Å². The van der Waals surface area contributed by atoms with Crippen molar-refractivity contribution in [3.63, 3.8) is 0 Å². The van der Waals surface area contributed by atoms with Gasteiger partial charge in [0, 0.05) is 12.1 Å². The number of nitrogens with one attached hydrogen (secondary N) is 1. The number of benzene rings is 2. The first-order valence-corrected chi connectivity index (χ1v) is 9.26. The SMILES string of the molecule is COc1ccc(Oc2c(F)cc(C(F)(F)F)cc2F)c(-n2c(N)c3c(cc2=O)C(=O)NC3=O)c1. The molecule has 4 rings (SSSR count). The third-order valence-electron chi connectivity index (χ3n) is 4.90. The maximum Gasteiger partial charge on any atom is 0.416 e. The number of pyridine rings is 1. The van der Waals surface area contributed by atoms with Crippen LogP contribution in [0, 0.1) is 11.6 Å². The lowest BCUT2D eigenvalue weighted by Crippen LogP contribution is -2.24. The summed E-state index contributed by atoms with van der Waals surface area (Å²) in [6.45, 7) is 0. The number of nitrogens with zero attached hydrogens (tertiary/aromatic N) is 1. The number of carbonyl (C=O) groups excluding carboxylic acids is 2. The highest BCUT2D eigenvalue weighted by molar-refractivity contribution is 6.23. The molecule has 176 valence electrons.